The summed E-state index contributed by atoms with van der Waals surface area (Å²) in [6.45, 7) is 3.75. The predicted molar refractivity (Wildman–Crippen MR) is 89.9 cm³/mol. The normalized spacial score (nSPS) is 20.1. The Balaban J connectivity index is 1.85. The molecule has 0 unspecified atom stereocenters. The molecule has 24 heavy (non-hydrogen) atoms. The number of benzene rings is 1. The summed E-state index contributed by atoms with van der Waals surface area (Å²) in [5, 5.41) is 10.1. The van der Waals surface area contributed by atoms with Crippen LogP contribution in [0.15, 0.2) is 46.6 Å². The standard InChI is InChI=1S/C19H17NO4/c1-19(2)7-15(21)13(16(22)8-19)9-20-10-14-17(23)11-5-3-4-6-12(11)18(14)24/h3-6,9-10,23H,7-8H2,1-2H3. The average Bonchev–Trinajstić information content (AvgIpc) is 2.74. The third-order valence-electron chi connectivity index (χ3n) is 4.21. The van der Waals surface area contributed by atoms with Gasteiger partial charge in [-0.3, -0.25) is 19.4 Å². The molecule has 0 saturated heterocycles. The molecule has 1 aromatic carbocycles. The first-order valence-corrected chi connectivity index (χ1v) is 7.67. The quantitative estimate of drug-likeness (QED) is 0.515. The number of allylic oxidation sites excluding steroid dienone is 2. The second-order valence-corrected chi connectivity index (χ2v) is 6.82. The van der Waals surface area contributed by atoms with Gasteiger partial charge >= 0.3 is 0 Å². The maximum absolute atomic E-state index is 12.2. The molecule has 2 aliphatic carbocycles. The SMILES string of the molecule is CC1(C)CC(=O)C(=CN=CC2=C(O)c3ccccc3C2=O)C(=O)C1. The van der Waals surface area contributed by atoms with Gasteiger partial charge in [0.05, 0.1) is 11.1 Å². The smallest absolute Gasteiger partial charge is 0.199 e. The highest BCUT2D eigenvalue weighted by atomic mass is 16.3. The van der Waals surface area contributed by atoms with Crippen LogP contribution in [0.25, 0.3) is 5.76 Å². The summed E-state index contributed by atoms with van der Waals surface area (Å²) >= 11 is 0. The molecule has 5 nitrogen and oxygen atoms in total. The lowest BCUT2D eigenvalue weighted by atomic mass is 9.74. The Hall–Kier alpha value is -2.82. The zero-order chi connectivity index (χ0) is 17.5. The number of aliphatic hydroxyl groups is 1. The highest BCUT2D eigenvalue weighted by Crippen LogP contribution is 2.33. The van der Waals surface area contributed by atoms with Crippen LogP contribution in [0.1, 0.15) is 42.6 Å². The molecule has 0 spiro atoms. The molecule has 3 rings (SSSR count). The number of hydrogen-bond donors (Lipinski definition) is 1. The van der Waals surface area contributed by atoms with Gasteiger partial charge in [0.2, 0.25) is 0 Å². The van der Waals surface area contributed by atoms with Crippen molar-refractivity contribution in [1.82, 2.24) is 0 Å². The molecule has 5 heteroatoms. The van der Waals surface area contributed by atoms with Crippen molar-refractivity contribution in [2.45, 2.75) is 26.7 Å². The van der Waals surface area contributed by atoms with Gasteiger partial charge in [-0.05, 0) is 5.41 Å². The van der Waals surface area contributed by atoms with Crippen molar-refractivity contribution in [2.24, 2.45) is 10.4 Å². The van der Waals surface area contributed by atoms with E-state index in [4.69, 9.17) is 0 Å². The summed E-state index contributed by atoms with van der Waals surface area (Å²) in [5.41, 5.74) is 0.649. The Kier molecular flexibility index (Phi) is 3.79. The Labute approximate surface area is 139 Å². The Morgan fingerprint density at radius 2 is 1.62 bits per heavy atom. The second-order valence-electron chi connectivity index (χ2n) is 6.82. The fourth-order valence-electron chi connectivity index (χ4n) is 3.01. The number of carbonyl (C=O) groups is 3. The van der Waals surface area contributed by atoms with E-state index in [1.54, 1.807) is 24.3 Å². The fourth-order valence-corrected chi connectivity index (χ4v) is 3.01. The van der Waals surface area contributed by atoms with E-state index in [0.717, 1.165) is 0 Å². The van der Waals surface area contributed by atoms with Crippen LogP contribution >= 0.6 is 0 Å². The summed E-state index contributed by atoms with van der Waals surface area (Å²) in [6, 6.07) is 6.72. The Morgan fingerprint density at radius 1 is 1.04 bits per heavy atom. The van der Waals surface area contributed by atoms with E-state index in [-0.39, 0.29) is 39.7 Å². The summed E-state index contributed by atoms with van der Waals surface area (Å²) in [5.74, 6) is -0.951. The van der Waals surface area contributed by atoms with Gasteiger partial charge in [-0.1, -0.05) is 38.1 Å². The van der Waals surface area contributed by atoms with E-state index < -0.39 is 0 Å². The maximum atomic E-state index is 12.2. The second kappa shape index (κ2) is 5.67. The number of aliphatic imine (C=N–C) groups is 1. The van der Waals surface area contributed by atoms with E-state index >= 15 is 0 Å². The van der Waals surface area contributed by atoms with E-state index in [0.29, 0.717) is 24.0 Å². The largest absolute Gasteiger partial charge is 0.506 e. The zero-order valence-electron chi connectivity index (χ0n) is 13.5. The van der Waals surface area contributed by atoms with Crippen molar-refractivity contribution in [3.8, 4) is 0 Å². The first kappa shape index (κ1) is 16.1. The minimum atomic E-state index is -0.334. The van der Waals surface area contributed by atoms with Crippen molar-refractivity contribution >= 4 is 29.3 Å². The molecular formula is C19H17NO4. The first-order chi connectivity index (χ1) is 11.3. The lowest BCUT2D eigenvalue weighted by molar-refractivity contribution is -0.127. The van der Waals surface area contributed by atoms with Crippen molar-refractivity contribution in [1.29, 1.82) is 0 Å². The number of aliphatic hydroxyl groups excluding tert-OH is 1. The van der Waals surface area contributed by atoms with Crippen molar-refractivity contribution in [3.63, 3.8) is 0 Å². The van der Waals surface area contributed by atoms with Crippen molar-refractivity contribution in [2.75, 3.05) is 0 Å². The highest BCUT2D eigenvalue weighted by molar-refractivity contribution is 6.30. The van der Waals surface area contributed by atoms with Gasteiger partial charge in [-0.2, -0.15) is 0 Å². The van der Waals surface area contributed by atoms with Crippen molar-refractivity contribution in [3.05, 3.63) is 52.7 Å². The number of carbonyl (C=O) groups excluding carboxylic acids is 3. The number of fused-ring (bicyclic) bond motifs is 1. The monoisotopic (exact) mass is 323 g/mol. The van der Waals surface area contributed by atoms with Crippen LogP contribution in [0.2, 0.25) is 0 Å². The Bertz CT molecular complexity index is 834. The summed E-state index contributed by atoms with van der Waals surface area (Å²) in [7, 11) is 0. The molecule has 1 aromatic rings. The minimum absolute atomic E-state index is 0.0497. The van der Waals surface area contributed by atoms with Gasteiger partial charge in [0, 0.05) is 36.4 Å². The first-order valence-electron chi connectivity index (χ1n) is 7.67. The zero-order valence-corrected chi connectivity index (χ0v) is 13.5. The van der Waals surface area contributed by atoms with Crippen LogP contribution < -0.4 is 0 Å². The van der Waals surface area contributed by atoms with Gasteiger partial charge in [0.25, 0.3) is 0 Å². The molecule has 0 bridgehead atoms. The molecular weight excluding hydrogens is 306 g/mol. The van der Waals surface area contributed by atoms with E-state index in [1.165, 1.54) is 12.4 Å². The third-order valence-corrected chi connectivity index (χ3v) is 4.21. The number of nitrogens with zero attached hydrogens (tertiary/aromatic N) is 1. The molecule has 2 aliphatic rings. The number of Topliss-reactive ketones (excluding diaryl/α,β-unsaturated/α-hetero) is 3. The number of hydrogen-bond acceptors (Lipinski definition) is 5. The van der Waals surface area contributed by atoms with Crippen LogP contribution in [0, 0.1) is 5.41 Å². The van der Waals surface area contributed by atoms with Gasteiger partial charge < -0.3 is 5.11 Å². The molecule has 0 aliphatic heterocycles. The minimum Gasteiger partial charge on any atom is -0.506 e. The van der Waals surface area contributed by atoms with Crippen LogP contribution in [0.3, 0.4) is 0 Å². The molecule has 1 fully saturated rings. The van der Waals surface area contributed by atoms with Gasteiger partial charge in [-0.25, -0.2) is 0 Å². The van der Waals surface area contributed by atoms with Crippen molar-refractivity contribution < 1.29 is 19.5 Å². The summed E-state index contributed by atoms with van der Waals surface area (Å²) < 4.78 is 0. The number of ketones is 3. The fraction of sp³-hybridized carbons (Fsp3) is 0.263. The van der Waals surface area contributed by atoms with Gasteiger partial charge in [-0.15, -0.1) is 0 Å². The van der Waals surface area contributed by atoms with Crippen LogP contribution in [-0.4, -0.2) is 28.7 Å². The summed E-state index contributed by atoms with van der Waals surface area (Å²) in [4.78, 5) is 40.3. The van der Waals surface area contributed by atoms with Gasteiger partial charge in [0.1, 0.15) is 5.76 Å². The van der Waals surface area contributed by atoms with E-state index in [2.05, 4.69) is 4.99 Å². The topological polar surface area (TPSA) is 83.8 Å². The predicted octanol–water partition coefficient (Wildman–Crippen LogP) is 3.06. The molecule has 1 saturated carbocycles. The summed E-state index contributed by atoms with van der Waals surface area (Å²) in [6.07, 6.45) is 2.97. The lowest BCUT2D eigenvalue weighted by Gasteiger charge is -2.28. The Morgan fingerprint density at radius 3 is 2.21 bits per heavy atom. The average molecular weight is 323 g/mol. The molecule has 0 atom stereocenters. The highest BCUT2D eigenvalue weighted by Gasteiger charge is 2.35. The van der Waals surface area contributed by atoms with Crippen LogP contribution in [0.4, 0.5) is 0 Å². The molecule has 122 valence electrons. The molecule has 0 amide bonds. The molecule has 0 heterocycles. The van der Waals surface area contributed by atoms with E-state index in [1.807, 2.05) is 13.8 Å². The van der Waals surface area contributed by atoms with E-state index in [9.17, 15) is 19.5 Å². The van der Waals surface area contributed by atoms with Gasteiger partial charge in [0.15, 0.2) is 17.3 Å². The number of rotatable bonds is 2. The molecule has 0 radical (unpaired) electrons. The maximum Gasteiger partial charge on any atom is 0.199 e. The lowest BCUT2D eigenvalue weighted by Crippen LogP contribution is -2.31. The van der Waals surface area contributed by atoms with Crippen LogP contribution in [0.5, 0.6) is 0 Å². The van der Waals surface area contributed by atoms with Crippen LogP contribution in [-0.2, 0) is 9.59 Å². The molecule has 1 N–H and O–H groups in total. The molecule has 0 aromatic heterocycles. The third kappa shape index (κ3) is 2.73.